The molecule has 0 N–H and O–H groups in total. The van der Waals surface area contributed by atoms with Gasteiger partial charge in [0.15, 0.2) is 0 Å². The molecule has 0 spiro atoms. The summed E-state index contributed by atoms with van der Waals surface area (Å²) in [4.78, 5) is 2.53. The van der Waals surface area contributed by atoms with Crippen LogP contribution < -0.4 is 4.90 Å². The number of para-hydroxylation sites is 3. The highest BCUT2D eigenvalue weighted by molar-refractivity contribution is 6.18. The molecule has 2 nitrogen and oxygen atoms in total. The molecule has 0 saturated heterocycles. The number of benzene rings is 10. The minimum Gasteiger partial charge on any atom is -0.456 e. The van der Waals surface area contributed by atoms with Crippen LogP contribution in [0.2, 0.25) is 0 Å². The van der Waals surface area contributed by atoms with Crippen molar-refractivity contribution in [2.75, 3.05) is 4.90 Å². The molecule has 0 aliphatic heterocycles. The molecule has 1 aromatic heterocycles. The minimum atomic E-state index is 0.879. The van der Waals surface area contributed by atoms with Crippen molar-refractivity contribution >= 4 is 60.5 Å². The summed E-state index contributed by atoms with van der Waals surface area (Å²) in [7, 11) is 0. The Balaban J connectivity index is 1.23. The average Bonchev–Trinajstić information content (AvgIpc) is 3.62. The Morgan fingerprint density at radius 3 is 1.48 bits per heavy atom. The van der Waals surface area contributed by atoms with E-state index < -0.39 is 0 Å². The van der Waals surface area contributed by atoms with E-state index in [9.17, 15) is 0 Å². The van der Waals surface area contributed by atoms with Crippen molar-refractivity contribution in [3.63, 3.8) is 0 Å². The number of fused-ring (bicyclic) bond motifs is 9. The lowest BCUT2D eigenvalue weighted by Gasteiger charge is -2.32. The van der Waals surface area contributed by atoms with Crippen LogP contribution in [0, 0.1) is 0 Å². The summed E-state index contributed by atoms with van der Waals surface area (Å²) in [5, 5.41) is 7.17. The first-order valence-electron chi connectivity index (χ1n) is 19.9. The van der Waals surface area contributed by atoms with E-state index in [-0.39, 0.29) is 0 Å². The predicted octanol–water partition coefficient (Wildman–Crippen LogP) is 16.0. The molecule has 11 aromatic rings. The fourth-order valence-corrected chi connectivity index (χ4v) is 9.60. The third kappa shape index (κ3) is 4.85. The number of hydrogen-bond acceptors (Lipinski definition) is 2. The Bertz CT molecular complexity index is 3410. The highest BCUT2D eigenvalue weighted by atomic mass is 16.3. The maximum atomic E-state index is 6.48. The molecule has 0 amide bonds. The molecular formula is C56H35NO. The fourth-order valence-electron chi connectivity index (χ4n) is 9.60. The largest absolute Gasteiger partial charge is 0.456 e. The zero-order valence-electron chi connectivity index (χ0n) is 31.6. The van der Waals surface area contributed by atoms with Crippen molar-refractivity contribution < 1.29 is 4.42 Å². The Labute approximate surface area is 336 Å². The molecule has 2 heteroatoms. The van der Waals surface area contributed by atoms with Gasteiger partial charge >= 0.3 is 0 Å². The van der Waals surface area contributed by atoms with E-state index in [1.165, 1.54) is 60.5 Å². The SMILES string of the molecule is c1ccc2c(c1)-c1cccc(N(c3ccccc3-c3cccc4ccccc34)c3ccccc3-c3cccc4oc5ccccc5c34)c1-c1cccc3cccc-2c13. The molecule has 0 radical (unpaired) electrons. The van der Waals surface area contributed by atoms with E-state index in [1.807, 2.05) is 6.07 Å². The van der Waals surface area contributed by atoms with Gasteiger partial charge in [-0.3, -0.25) is 0 Å². The average molecular weight is 738 g/mol. The Morgan fingerprint density at radius 2 is 0.707 bits per heavy atom. The zero-order valence-corrected chi connectivity index (χ0v) is 31.6. The summed E-state index contributed by atoms with van der Waals surface area (Å²) in [6, 6.07) is 77.3. The molecule has 10 aromatic carbocycles. The molecule has 270 valence electrons. The van der Waals surface area contributed by atoms with Crippen LogP contribution in [-0.2, 0) is 0 Å². The molecule has 58 heavy (non-hydrogen) atoms. The van der Waals surface area contributed by atoms with Crippen LogP contribution in [0.25, 0.3) is 99.1 Å². The van der Waals surface area contributed by atoms with Gasteiger partial charge in [0.25, 0.3) is 0 Å². The van der Waals surface area contributed by atoms with Gasteiger partial charge in [-0.25, -0.2) is 0 Å². The zero-order chi connectivity index (χ0) is 38.2. The number of nitrogens with zero attached hydrogens (tertiary/aromatic N) is 1. The molecule has 0 saturated carbocycles. The van der Waals surface area contributed by atoms with Gasteiger partial charge in [0.1, 0.15) is 11.2 Å². The van der Waals surface area contributed by atoms with Crippen LogP contribution in [0.4, 0.5) is 17.1 Å². The van der Waals surface area contributed by atoms with Crippen LogP contribution >= 0.6 is 0 Å². The standard InChI is InChI=1S/C56H35NO/c1-2-20-38-36(16-1)17-11-26-39(38)42-23-5-8-31-49(42)57(50-32-9-6-24-43(50)46-29-15-35-53-56(46)47-25-7-10-34-52(47)58-53)51-33-14-28-45-41-22-4-3-21-40(41)44-27-12-18-37-19-13-30-48(54(37)44)55(45)51/h1-35H. The summed E-state index contributed by atoms with van der Waals surface area (Å²) in [5.41, 5.74) is 17.0. The van der Waals surface area contributed by atoms with Crippen LogP contribution in [0.1, 0.15) is 0 Å². The second-order valence-corrected chi connectivity index (χ2v) is 15.1. The van der Waals surface area contributed by atoms with Gasteiger partial charge in [-0.2, -0.15) is 0 Å². The summed E-state index contributed by atoms with van der Waals surface area (Å²) >= 11 is 0. The molecule has 0 bridgehead atoms. The van der Waals surface area contributed by atoms with Crippen LogP contribution in [0.15, 0.2) is 217 Å². The lowest BCUT2D eigenvalue weighted by Crippen LogP contribution is -2.14. The quantitative estimate of drug-likeness (QED) is 0.175. The number of anilines is 3. The Hall–Kier alpha value is -7.68. The normalized spacial score (nSPS) is 11.8. The van der Waals surface area contributed by atoms with E-state index in [0.29, 0.717) is 0 Å². The van der Waals surface area contributed by atoms with Gasteiger partial charge in [-0.05, 0) is 90.8 Å². The maximum absolute atomic E-state index is 6.48. The molecule has 1 aliphatic carbocycles. The summed E-state index contributed by atoms with van der Waals surface area (Å²) in [5.74, 6) is 0. The van der Waals surface area contributed by atoms with E-state index >= 15 is 0 Å². The van der Waals surface area contributed by atoms with Gasteiger partial charge in [0.2, 0.25) is 0 Å². The monoisotopic (exact) mass is 737 g/mol. The minimum absolute atomic E-state index is 0.879. The van der Waals surface area contributed by atoms with Crippen molar-refractivity contribution in [1.29, 1.82) is 0 Å². The first-order valence-corrected chi connectivity index (χ1v) is 19.9. The lowest BCUT2D eigenvalue weighted by molar-refractivity contribution is 0.669. The van der Waals surface area contributed by atoms with Gasteiger partial charge < -0.3 is 9.32 Å². The lowest BCUT2D eigenvalue weighted by atomic mass is 9.90. The molecule has 0 unspecified atom stereocenters. The summed E-state index contributed by atoms with van der Waals surface area (Å²) in [6.45, 7) is 0. The van der Waals surface area contributed by atoms with E-state index in [0.717, 1.165) is 55.7 Å². The van der Waals surface area contributed by atoms with Crippen LogP contribution in [-0.4, -0.2) is 0 Å². The second-order valence-electron chi connectivity index (χ2n) is 15.1. The molecule has 1 heterocycles. The highest BCUT2D eigenvalue weighted by Crippen LogP contribution is 2.55. The van der Waals surface area contributed by atoms with Crippen molar-refractivity contribution in [1.82, 2.24) is 0 Å². The Kier molecular flexibility index (Phi) is 7.26. The molecule has 1 aliphatic rings. The van der Waals surface area contributed by atoms with Crippen molar-refractivity contribution in [2.24, 2.45) is 0 Å². The summed E-state index contributed by atoms with van der Waals surface area (Å²) < 4.78 is 6.48. The van der Waals surface area contributed by atoms with Crippen molar-refractivity contribution in [3.8, 4) is 55.6 Å². The number of hydrogen-bond donors (Lipinski definition) is 0. The van der Waals surface area contributed by atoms with Gasteiger partial charge in [0.05, 0.1) is 17.1 Å². The third-order valence-electron chi connectivity index (χ3n) is 12.0. The van der Waals surface area contributed by atoms with Crippen LogP contribution in [0.3, 0.4) is 0 Å². The third-order valence-corrected chi connectivity index (χ3v) is 12.0. The number of furan rings is 1. The van der Waals surface area contributed by atoms with Gasteiger partial charge in [-0.15, -0.1) is 0 Å². The van der Waals surface area contributed by atoms with Gasteiger partial charge in [0, 0.05) is 27.5 Å². The van der Waals surface area contributed by atoms with E-state index in [2.05, 4.69) is 211 Å². The maximum Gasteiger partial charge on any atom is 0.136 e. The fraction of sp³-hybridized carbons (Fsp3) is 0. The van der Waals surface area contributed by atoms with Crippen LogP contribution in [0.5, 0.6) is 0 Å². The smallest absolute Gasteiger partial charge is 0.136 e. The highest BCUT2D eigenvalue weighted by Gasteiger charge is 2.29. The van der Waals surface area contributed by atoms with Crippen molar-refractivity contribution in [2.45, 2.75) is 0 Å². The van der Waals surface area contributed by atoms with E-state index in [4.69, 9.17) is 4.42 Å². The van der Waals surface area contributed by atoms with Crippen molar-refractivity contribution in [3.05, 3.63) is 212 Å². The topological polar surface area (TPSA) is 16.4 Å². The molecule has 12 rings (SSSR count). The number of rotatable bonds is 5. The first kappa shape index (κ1) is 32.6. The van der Waals surface area contributed by atoms with Gasteiger partial charge in [-0.1, -0.05) is 182 Å². The molecule has 0 atom stereocenters. The summed E-state index contributed by atoms with van der Waals surface area (Å²) in [6.07, 6.45) is 0. The second kappa shape index (κ2) is 12.9. The molecular weight excluding hydrogens is 703 g/mol. The Morgan fingerprint density at radius 1 is 0.259 bits per heavy atom. The van der Waals surface area contributed by atoms with E-state index in [1.54, 1.807) is 0 Å². The first-order chi connectivity index (χ1) is 28.8. The predicted molar refractivity (Wildman–Crippen MR) is 244 cm³/mol. The molecule has 0 fully saturated rings.